The fourth-order valence-electron chi connectivity index (χ4n) is 2.91. The number of aromatic nitrogens is 2. The van der Waals surface area contributed by atoms with E-state index in [-0.39, 0.29) is 23.3 Å². The highest BCUT2D eigenvalue weighted by Crippen LogP contribution is 2.41. The van der Waals surface area contributed by atoms with E-state index >= 15 is 0 Å². The Kier molecular flexibility index (Phi) is 4.36. The summed E-state index contributed by atoms with van der Waals surface area (Å²) in [7, 11) is 0. The number of hydrogen-bond donors (Lipinski definition) is 2. The number of aromatic hydroxyl groups is 1. The molecule has 1 aliphatic rings. The van der Waals surface area contributed by atoms with Crippen molar-refractivity contribution in [3.05, 3.63) is 17.9 Å². The Morgan fingerprint density at radius 3 is 2.54 bits per heavy atom. The largest absolute Gasteiger partial charge is 0.508 e. The molecule has 0 saturated heterocycles. The molecule has 0 spiro atoms. The number of carbonyl (C=O) groups excluding carboxylic acids is 1. The Bertz CT molecular complexity index is 854. The van der Waals surface area contributed by atoms with Crippen molar-refractivity contribution >= 4 is 22.9 Å². The molecule has 0 aliphatic heterocycles. The molecule has 9 heteroatoms. The van der Waals surface area contributed by atoms with Gasteiger partial charge in [0.1, 0.15) is 11.3 Å². The number of phenols is 1. The Morgan fingerprint density at radius 1 is 1.35 bits per heavy atom. The van der Waals surface area contributed by atoms with Crippen LogP contribution in [0.4, 0.5) is 23.5 Å². The molecule has 1 heterocycles. The number of fused-ring (bicyclic) bond motifs is 1. The lowest BCUT2D eigenvalue weighted by molar-refractivity contribution is -0.213. The third-order valence-corrected chi connectivity index (χ3v) is 4.79. The average molecular weight is 373 g/mol. The van der Waals surface area contributed by atoms with E-state index < -0.39 is 29.7 Å². The van der Waals surface area contributed by atoms with Crippen LogP contribution in [0.15, 0.2) is 12.1 Å². The van der Waals surface area contributed by atoms with Crippen LogP contribution >= 0.6 is 0 Å². The van der Waals surface area contributed by atoms with Gasteiger partial charge in [0.05, 0.1) is 10.9 Å². The topological polar surface area (TPSA) is 67.2 Å². The van der Waals surface area contributed by atoms with E-state index in [0.717, 1.165) is 39.2 Å². The third-order valence-electron chi connectivity index (χ3n) is 4.79. The number of imidazole rings is 1. The Balaban J connectivity index is 1.95. The molecular formula is C17H19F4N3O2. The van der Waals surface area contributed by atoms with E-state index in [9.17, 15) is 27.5 Å². The van der Waals surface area contributed by atoms with Gasteiger partial charge in [0.15, 0.2) is 5.82 Å². The molecule has 1 amide bonds. The van der Waals surface area contributed by atoms with Crippen LogP contribution in [0.3, 0.4) is 0 Å². The fourth-order valence-corrected chi connectivity index (χ4v) is 2.91. The minimum atomic E-state index is -4.53. The smallest absolute Gasteiger partial charge is 0.394 e. The summed E-state index contributed by atoms with van der Waals surface area (Å²) >= 11 is 0. The zero-order valence-corrected chi connectivity index (χ0v) is 14.3. The van der Waals surface area contributed by atoms with Crippen molar-refractivity contribution in [3.8, 4) is 5.75 Å². The van der Waals surface area contributed by atoms with E-state index in [1.54, 1.807) is 4.57 Å². The maximum Gasteiger partial charge on any atom is 0.394 e. The van der Waals surface area contributed by atoms with Crippen LogP contribution < -0.4 is 5.32 Å². The van der Waals surface area contributed by atoms with Gasteiger partial charge in [0, 0.05) is 24.6 Å². The first-order chi connectivity index (χ1) is 12.0. The molecule has 0 unspecified atom stereocenters. The highest BCUT2D eigenvalue weighted by molar-refractivity contribution is 5.92. The molecule has 1 fully saturated rings. The van der Waals surface area contributed by atoms with E-state index in [0.29, 0.717) is 5.52 Å². The van der Waals surface area contributed by atoms with Crippen molar-refractivity contribution in [2.24, 2.45) is 5.41 Å². The quantitative estimate of drug-likeness (QED) is 0.774. The number of rotatable bonds is 4. The van der Waals surface area contributed by atoms with Crippen molar-refractivity contribution in [1.82, 2.24) is 9.55 Å². The second-order valence-electron chi connectivity index (χ2n) is 7.29. The number of benzene rings is 1. The Labute approximate surface area is 147 Å². The molecular weight excluding hydrogens is 354 g/mol. The summed E-state index contributed by atoms with van der Waals surface area (Å²) < 4.78 is 54.6. The number of phenolic OH excluding ortho intramolecular Hbond substituents is 1. The van der Waals surface area contributed by atoms with Gasteiger partial charge in [-0.25, -0.2) is 9.37 Å². The van der Waals surface area contributed by atoms with E-state index in [1.165, 1.54) is 6.07 Å². The van der Waals surface area contributed by atoms with Crippen LogP contribution in [0.1, 0.15) is 45.6 Å². The molecule has 1 aromatic carbocycles. The number of nitrogens with one attached hydrogen (secondary N) is 1. The standard InChI is InChI=1S/C17H19F4N3O2/c1-16(2,17(19,20)21)8-13(26)22-15-23-14-11(18)6-10(25)7-12(14)24(15)9-4-3-5-9/h6-7,9,25H,3-5,8H2,1-2H3,(H,22,23,26). The summed E-state index contributed by atoms with van der Waals surface area (Å²) in [5, 5.41) is 12.0. The summed E-state index contributed by atoms with van der Waals surface area (Å²) in [6, 6.07) is 2.19. The molecule has 2 aromatic rings. The number of carbonyl (C=O) groups is 1. The van der Waals surface area contributed by atoms with E-state index in [4.69, 9.17) is 0 Å². The van der Waals surface area contributed by atoms with Crippen molar-refractivity contribution < 1.29 is 27.5 Å². The summed E-state index contributed by atoms with van der Waals surface area (Å²) in [4.78, 5) is 16.2. The molecule has 0 radical (unpaired) electrons. The lowest BCUT2D eigenvalue weighted by atomic mass is 9.88. The normalized spacial score (nSPS) is 15.9. The van der Waals surface area contributed by atoms with Gasteiger partial charge >= 0.3 is 6.18 Å². The highest BCUT2D eigenvalue weighted by atomic mass is 19.4. The minimum absolute atomic E-state index is 0.00262. The number of amides is 1. The van der Waals surface area contributed by atoms with Crippen LogP contribution in [0.25, 0.3) is 11.0 Å². The number of hydrogen-bond acceptors (Lipinski definition) is 3. The molecule has 1 saturated carbocycles. The third kappa shape index (κ3) is 3.22. The van der Waals surface area contributed by atoms with E-state index in [1.807, 2.05) is 0 Å². The van der Waals surface area contributed by atoms with Crippen molar-refractivity contribution in [2.45, 2.75) is 51.7 Å². The first-order valence-corrected chi connectivity index (χ1v) is 8.26. The fraction of sp³-hybridized carbons (Fsp3) is 0.529. The summed E-state index contributed by atoms with van der Waals surface area (Å²) in [6.45, 7) is 1.89. The van der Waals surface area contributed by atoms with Crippen molar-refractivity contribution in [2.75, 3.05) is 5.32 Å². The SMILES string of the molecule is CC(C)(CC(=O)Nc1nc2c(F)cc(O)cc2n1C1CCC1)C(F)(F)F. The molecule has 5 nitrogen and oxygen atoms in total. The maximum absolute atomic E-state index is 14.1. The minimum Gasteiger partial charge on any atom is -0.508 e. The zero-order chi connectivity index (χ0) is 19.3. The number of halogens is 4. The molecule has 142 valence electrons. The average Bonchev–Trinajstić information content (AvgIpc) is 2.74. The predicted molar refractivity (Wildman–Crippen MR) is 87.3 cm³/mol. The van der Waals surface area contributed by atoms with Crippen LogP contribution in [0.5, 0.6) is 5.75 Å². The summed E-state index contributed by atoms with van der Waals surface area (Å²) in [5.74, 6) is -1.90. The first kappa shape index (κ1) is 18.5. The van der Waals surface area contributed by atoms with Crippen LogP contribution in [-0.2, 0) is 4.79 Å². The number of anilines is 1. The maximum atomic E-state index is 14.1. The van der Waals surface area contributed by atoms with Crippen LogP contribution in [-0.4, -0.2) is 26.7 Å². The second-order valence-corrected chi connectivity index (χ2v) is 7.29. The van der Waals surface area contributed by atoms with Crippen molar-refractivity contribution in [1.29, 1.82) is 0 Å². The number of alkyl halides is 3. The molecule has 0 atom stereocenters. The van der Waals surface area contributed by atoms with Gasteiger partial charge in [0.2, 0.25) is 11.9 Å². The summed E-state index contributed by atoms with van der Waals surface area (Å²) in [6.07, 6.45) is -2.81. The van der Waals surface area contributed by atoms with Gasteiger partial charge in [-0.05, 0) is 19.3 Å². The Morgan fingerprint density at radius 2 is 2.00 bits per heavy atom. The van der Waals surface area contributed by atoms with Gasteiger partial charge < -0.3 is 9.67 Å². The van der Waals surface area contributed by atoms with Crippen LogP contribution in [0.2, 0.25) is 0 Å². The predicted octanol–water partition coefficient (Wildman–Crippen LogP) is 4.52. The van der Waals surface area contributed by atoms with Gasteiger partial charge in [-0.2, -0.15) is 13.2 Å². The molecule has 1 aromatic heterocycles. The van der Waals surface area contributed by atoms with Gasteiger partial charge in [-0.1, -0.05) is 13.8 Å². The molecule has 2 N–H and O–H groups in total. The first-order valence-electron chi connectivity index (χ1n) is 8.26. The molecule has 26 heavy (non-hydrogen) atoms. The number of nitrogens with zero attached hydrogens (tertiary/aromatic N) is 2. The highest BCUT2D eigenvalue weighted by Gasteiger charge is 2.48. The molecule has 1 aliphatic carbocycles. The Hall–Kier alpha value is -2.32. The van der Waals surface area contributed by atoms with E-state index in [2.05, 4.69) is 10.3 Å². The monoisotopic (exact) mass is 373 g/mol. The van der Waals surface area contributed by atoms with Gasteiger partial charge in [-0.3, -0.25) is 10.1 Å². The lowest BCUT2D eigenvalue weighted by Crippen LogP contribution is -2.36. The lowest BCUT2D eigenvalue weighted by Gasteiger charge is -2.30. The summed E-state index contributed by atoms with van der Waals surface area (Å²) in [5.41, 5.74) is -1.94. The second kappa shape index (κ2) is 6.14. The zero-order valence-electron chi connectivity index (χ0n) is 14.3. The molecule has 0 bridgehead atoms. The van der Waals surface area contributed by atoms with Crippen molar-refractivity contribution in [3.63, 3.8) is 0 Å². The molecule has 3 rings (SSSR count). The van der Waals surface area contributed by atoms with Crippen LogP contribution in [0, 0.1) is 11.2 Å². The van der Waals surface area contributed by atoms with Gasteiger partial charge in [0.25, 0.3) is 0 Å². The van der Waals surface area contributed by atoms with Gasteiger partial charge in [-0.15, -0.1) is 0 Å².